The standard InChI is InChI=1S/C9H12N4O3/c1-12-4-7(10-11-12)5-13-3-6(9(15)16)2-8(13)14/h4,6H,2-3,5H2,1H3,(H,15,16). The predicted molar refractivity (Wildman–Crippen MR) is 52.2 cm³/mol. The maximum Gasteiger partial charge on any atom is 0.308 e. The van der Waals surface area contributed by atoms with Crippen LogP contribution in [0.15, 0.2) is 6.20 Å². The molecule has 1 saturated heterocycles. The first-order chi connectivity index (χ1) is 7.56. The van der Waals surface area contributed by atoms with Crippen molar-refractivity contribution < 1.29 is 14.7 Å². The van der Waals surface area contributed by atoms with Crippen LogP contribution in [0.1, 0.15) is 12.1 Å². The first-order valence-electron chi connectivity index (χ1n) is 4.92. The molecule has 1 aromatic heterocycles. The van der Waals surface area contributed by atoms with Gasteiger partial charge in [0, 0.05) is 26.2 Å². The van der Waals surface area contributed by atoms with Crippen molar-refractivity contribution in [1.82, 2.24) is 19.9 Å². The molecule has 2 rings (SSSR count). The van der Waals surface area contributed by atoms with Crippen molar-refractivity contribution in [2.75, 3.05) is 6.54 Å². The van der Waals surface area contributed by atoms with Gasteiger partial charge in [-0.05, 0) is 0 Å². The molecule has 0 saturated carbocycles. The van der Waals surface area contributed by atoms with E-state index >= 15 is 0 Å². The SMILES string of the molecule is Cn1cc(CN2CC(C(=O)O)CC2=O)nn1. The van der Waals surface area contributed by atoms with Gasteiger partial charge < -0.3 is 10.0 Å². The molecule has 7 nitrogen and oxygen atoms in total. The molecule has 16 heavy (non-hydrogen) atoms. The Bertz CT molecular complexity index is 428. The molecular weight excluding hydrogens is 212 g/mol. The van der Waals surface area contributed by atoms with E-state index in [-0.39, 0.29) is 18.9 Å². The molecule has 2 heterocycles. The highest BCUT2D eigenvalue weighted by molar-refractivity contribution is 5.85. The molecule has 0 radical (unpaired) electrons. The van der Waals surface area contributed by atoms with E-state index in [9.17, 15) is 9.59 Å². The van der Waals surface area contributed by atoms with Crippen LogP contribution in [0.25, 0.3) is 0 Å². The van der Waals surface area contributed by atoms with Crippen LogP contribution in [0, 0.1) is 5.92 Å². The summed E-state index contributed by atoms with van der Waals surface area (Å²) in [6.45, 7) is 0.585. The second kappa shape index (κ2) is 3.92. The summed E-state index contributed by atoms with van der Waals surface area (Å²) in [6.07, 6.45) is 1.79. The molecule has 1 N–H and O–H groups in total. The van der Waals surface area contributed by atoms with Crippen LogP contribution in [0.5, 0.6) is 0 Å². The number of aryl methyl sites for hydroxylation is 1. The molecule has 1 atom stereocenters. The summed E-state index contributed by atoms with van der Waals surface area (Å²) >= 11 is 0. The molecule has 1 aliphatic rings. The van der Waals surface area contributed by atoms with E-state index in [1.165, 1.54) is 4.90 Å². The number of carbonyl (C=O) groups excluding carboxylic acids is 1. The Balaban J connectivity index is 2.01. The fraction of sp³-hybridized carbons (Fsp3) is 0.556. The maximum atomic E-state index is 11.5. The van der Waals surface area contributed by atoms with E-state index in [0.717, 1.165) is 0 Å². The fourth-order valence-corrected chi connectivity index (χ4v) is 1.75. The largest absolute Gasteiger partial charge is 0.481 e. The number of aliphatic carboxylic acids is 1. The Morgan fingerprint density at radius 3 is 2.94 bits per heavy atom. The first-order valence-corrected chi connectivity index (χ1v) is 4.92. The summed E-state index contributed by atoms with van der Waals surface area (Å²) in [7, 11) is 1.74. The number of hydrogen-bond donors (Lipinski definition) is 1. The average Bonchev–Trinajstić information content (AvgIpc) is 2.75. The average molecular weight is 224 g/mol. The molecule has 0 aromatic carbocycles. The van der Waals surface area contributed by atoms with Crippen LogP contribution in [0.4, 0.5) is 0 Å². The number of rotatable bonds is 3. The van der Waals surface area contributed by atoms with Gasteiger partial charge in [0.2, 0.25) is 5.91 Å². The van der Waals surface area contributed by atoms with Gasteiger partial charge in [0.05, 0.1) is 12.5 Å². The summed E-state index contributed by atoms with van der Waals surface area (Å²) in [5.41, 5.74) is 0.668. The van der Waals surface area contributed by atoms with Crippen molar-refractivity contribution in [3.05, 3.63) is 11.9 Å². The Morgan fingerprint density at radius 2 is 2.44 bits per heavy atom. The third kappa shape index (κ3) is 2.02. The normalized spacial score (nSPS) is 20.4. The topological polar surface area (TPSA) is 88.3 Å². The lowest BCUT2D eigenvalue weighted by Crippen LogP contribution is -2.25. The summed E-state index contributed by atoms with van der Waals surface area (Å²) in [4.78, 5) is 23.7. The highest BCUT2D eigenvalue weighted by Gasteiger charge is 2.34. The van der Waals surface area contributed by atoms with Crippen molar-refractivity contribution in [1.29, 1.82) is 0 Å². The van der Waals surface area contributed by atoms with Crippen molar-refractivity contribution >= 4 is 11.9 Å². The summed E-state index contributed by atoms with van der Waals surface area (Å²) in [5.74, 6) is -1.66. The zero-order chi connectivity index (χ0) is 11.7. The molecule has 1 aliphatic heterocycles. The minimum absolute atomic E-state index is 0.0790. The summed E-state index contributed by atoms with van der Waals surface area (Å²) in [5, 5.41) is 16.4. The van der Waals surface area contributed by atoms with Gasteiger partial charge >= 0.3 is 5.97 Å². The third-order valence-corrected chi connectivity index (χ3v) is 2.57. The van der Waals surface area contributed by atoms with Crippen LogP contribution in [-0.2, 0) is 23.2 Å². The lowest BCUT2D eigenvalue weighted by atomic mass is 10.1. The van der Waals surface area contributed by atoms with E-state index in [1.54, 1.807) is 17.9 Å². The zero-order valence-electron chi connectivity index (χ0n) is 8.83. The van der Waals surface area contributed by atoms with Gasteiger partial charge in [-0.25, -0.2) is 0 Å². The highest BCUT2D eigenvalue weighted by atomic mass is 16.4. The summed E-state index contributed by atoms with van der Waals surface area (Å²) in [6, 6.07) is 0. The number of likely N-dealkylation sites (tertiary alicyclic amines) is 1. The fourth-order valence-electron chi connectivity index (χ4n) is 1.75. The molecule has 7 heteroatoms. The van der Waals surface area contributed by atoms with Gasteiger partial charge in [-0.15, -0.1) is 5.10 Å². The van der Waals surface area contributed by atoms with Crippen LogP contribution >= 0.6 is 0 Å². The number of aromatic nitrogens is 3. The monoisotopic (exact) mass is 224 g/mol. The van der Waals surface area contributed by atoms with Crippen molar-refractivity contribution in [3.63, 3.8) is 0 Å². The molecular formula is C9H12N4O3. The molecule has 0 spiro atoms. The second-order valence-corrected chi connectivity index (χ2v) is 3.90. The van der Waals surface area contributed by atoms with Crippen LogP contribution in [0.3, 0.4) is 0 Å². The van der Waals surface area contributed by atoms with Crippen molar-refractivity contribution in [2.45, 2.75) is 13.0 Å². The Hall–Kier alpha value is -1.92. The van der Waals surface area contributed by atoms with Crippen LogP contribution in [-0.4, -0.2) is 43.4 Å². The van der Waals surface area contributed by atoms with Gasteiger partial charge in [0.25, 0.3) is 0 Å². The van der Waals surface area contributed by atoms with Gasteiger partial charge in [-0.3, -0.25) is 14.3 Å². The molecule has 86 valence electrons. The van der Waals surface area contributed by atoms with E-state index in [0.29, 0.717) is 12.2 Å². The maximum absolute atomic E-state index is 11.5. The third-order valence-electron chi connectivity index (χ3n) is 2.57. The number of nitrogens with zero attached hydrogens (tertiary/aromatic N) is 4. The lowest BCUT2D eigenvalue weighted by molar-refractivity contribution is -0.141. The minimum atomic E-state index is -0.921. The zero-order valence-corrected chi connectivity index (χ0v) is 8.83. The van der Waals surface area contributed by atoms with Gasteiger partial charge in [0.15, 0.2) is 0 Å². The predicted octanol–water partition coefficient (Wildman–Crippen LogP) is -0.752. The molecule has 0 bridgehead atoms. The highest BCUT2D eigenvalue weighted by Crippen LogP contribution is 2.19. The van der Waals surface area contributed by atoms with E-state index in [1.807, 2.05) is 0 Å². The lowest BCUT2D eigenvalue weighted by Gasteiger charge is -2.13. The van der Waals surface area contributed by atoms with Crippen LogP contribution in [0.2, 0.25) is 0 Å². The first kappa shape index (κ1) is 10.6. The van der Waals surface area contributed by atoms with Crippen LogP contribution < -0.4 is 0 Å². The number of hydrogen-bond acceptors (Lipinski definition) is 4. The Labute approximate surface area is 91.7 Å². The van der Waals surface area contributed by atoms with Crippen molar-refractivity contribution in [2.24, 2.45) is 13.0 Å². The molecule has 0 aliphatic carbocycles. The van der Waals surface area contributed by atoms with Gasteiger partial charge in [0.1, 0.15) is 5.69 Å². The van der Waals surface area contributed by atoms with Crippen molar-refractivity contribution in [3.8, 4) is 0 Å². The molecule has 1 amide bonds. The number of carbonyl (C=O) groups is 2. The Morgan fingerprint density at radius 1 is 1.69 bits per heavy atom. The second-order valence-electron chi connectivity index (χ2n) is 3.90. The number of carboxylic acids is 1. The number of carboxylic acid groups (broad SMARTS) is 1. The molecule has 1 fully saturated rings. The molecule has 1 aromatic rings. The van der Waals surface area contributed by atoms with Gasteiger partial charge in [-0.1, -0.05) is 5.21 Å². The smallest absolute Gasteiger partial charge is 0.308 e. The quantitative estimate of drug-likeness (QED) is 0.729. The number of amides is 1. The summed E-state index contributed by atoms with van der Waals surface area (Å²) < 4.78 is 1.55. The van der Waals surface area contributed by atoms with E-state index < -0.39 is 11.9 Å². The van der Waals surface area contributed by atoms with E-state index in [2.05, 4.69) is 10.3 Å². The van der Waals surface area contributed by atoms with E-state index in [4.69, 9.17) is 5.11 Å². The molecule has 1 unspecified atom stereocenters. The van der Waals surface area contributed by atoms with Gasteiger partial charge in [-0.2, -0.15) is 0 Å². The minimum Gasteiger partial charge on any atom is -0.481 e. The Kier molecular flexibility index (Phi) is 2.59.